The monoisotopic (exact) mass is 480 g/mol. The van der Waals surface area contributed by atoms with Crippen molar-refractivity contribution in [2.45, 2.75) is 26.8 Å². The standard InChI is InChI=1S/C30H28N2O4/c1-4-31(5-2)22-13-15-23(16-14-22)32-27(21-11-8-9-19(3)17-21)26(29(34)30(32)35)28(33)25-18-20-10-6-7-12-24(20)36-25/h6-18,27,34H,4-5H2,1-3H3. The minimum Gasteiger partial charge on any atom is -0.503 e. The summed E-state index contributed by atoms with van der Waals surface area (Å²) < 4.78 is 5.81. The molecule has 6 nitrogen and oxygen atoms in total. The molecule has 0 saturated carbocycles. The molecule has 6 heteroatoms. The Bertz CT molecular complexity index is 1450. The van der Waals surface area contributed by atoms with E-state index in [4.69, 9.17) is 4.42 Å². The molecule has 1 aliphatic heterocycles. The number of furan rings is 1. The Kier molecular flexibility index (Phi) is 6.10. The number of carbonyl (C=O) groups is 2. The van der Waals surface area contributed by atoms with Crippen molar-refractivity contribution in [2.75, 3.05) is 22.9 Å². The zero-order valence-electron chi connectivity index (χ0n) is 20.6. The van der Waals surface area contributed by atoms with Crippen LogP contribution in [-0.2, 0) is 4.79 Å². The van der Waals surface area contributed by atoms with E-state index < -0.39 is 23.5 Å². The van der Waals surface area contributed by atoms with Gasteiger partial charge in [-0.25, -0.2) is 0 Å². The average molecular weight is 481 g/mol. The van der Waals surface area contributed by atoms with E-state index in [-0.39, 0.29) is 11.3 Å². The first kappa shape index (κ1) is 23.4. The minimum absolute atomic E-state index is 0.0116. The predicted molar refractivity (Wildman–Crippen MR) is 142 cm³/mol. The number of ketones is 1. The van der Waals surface area contributed by atoms with Crippen molar-refractivity contribution < 1.29 is 19.1 Å². The number of aryl methyl sites for hydroxylation is 1. The Labute approximate surface area is 210 Å². The molecule has 0 radical (unpaired) electrons. The lowest BCUT2D eigenvalue weighted by atomic mass is 9.94. The highest BCUT2D eigenvalue weighted by atomic mass is 16.3. The highest BCUT2D eigenvalue weighted by molar-refractivity contribution is 6.20. The summed E-state index contributed by atoms with van der Waals surface area (Å²) in [5, 5.41) is 11.8. The van der Waals surface area contributed by atoms with Gasteiger partial charge in [0, 0.05) is 29.9 Å². The molecule has 2 heterocycles. The van der Waals surface area contributed by atoms with E-state index in [2.05, 4.69) is 18.7 Å². The molecule has 0 spiro atoms. The van der Waals surface area contributed by atoms with Crippen LogP contribution in [0.4, 0.5) is 11.4 Å². The molecule has 4 aromatic rings. The summed E-state index contributed by atoms with van der Waals surface area (Å²) in [5.41, 5.74) is 3.94. The first-order chi connectivity index (χ1) is 17.4. The van der Waals surface area contributed by atoms with Gasteiger partial charge in [0.15, 0.2) is 11.5 Å². The second-order valence-electron chi connectivity index (χ2n) is 8.92. The molecular formula is C30H28N2O4. The first-order valence-electron chi connectivity index (χ1n) is 12.1. The summed E-state index contributed by atoms with van der Waals surface area (Å²) in [7, 11) is 0. The van der Waals surface area contributed by atoms with Gasteiger partial charge in [-0.1, -0.05) is 48.0 Å². The fourth-order valence-electron chi connectivity index (χ4n) is 4.90. The maximum Gasteiger partial charge on any atom is 0.294 e. The number of hydrogen-bond acceptors (Lipinski definition) is 5. The Morgan fingerprint density at radius 3 is 2.36 bits per heavy atom. The van der Waals surface area contributed by atoms with Gasteiger partial charge in [-0.15, -0.1) is 0 Å². The summed E-state index contributed by atoms with van der Waals surface area (Å²) in [6.07, 6.45) is 0. The summed E-state index contributed by atoms with van der Waals surface area (Å²) in [6, 6.07) is 23.4. The van der Waals surface area contributed by atoms with Crippen molar-refractivity contribution in [1.82, 2.24) is 0 Å². The van der Waals surface area contributed by atoms with E-state index >= 15 is 0 Å². The Balaban J connectivity index is 1.61. The number of aliphatic hydroxyl groups excluding tert-OH is 1. The minimum atomic E-state index is -0.794. The van der Waals surface area contributed by atoms with Crippen LogP contribution in [0.2, 0.25) is 0 Å². The number of para-hydroxylation sites is 1. The van der Waals surface area contributed by atoms with Crippen LogP contribution in [0.25, 0.3) is 11.0 Å². The number of hydrogen-bond donors (Lipinski definition) is 1. The molecule has 1 amide bonds. The molecule has 3 aromatic carbocycles. The van der Waals surface area contributed by atoms with Crippen molar-refractivity contribution >= 4 is 34.0 Å². The van der Waals surface area contributed by atoms with Crippen molar-refractivity contribution in [2.24, 2.45) is 0 Å². The average Bonchev–Trinajstić information content (AvgIpc) is 3.44. The summed E-state index contributed by atoms with van der Waals surface area (Å²) in [6.45, 7) is 7.86. The van der Waals surface area contributed by atoms with Crippen molar-refractivity contribution in [1.29, 1.82) is 0 Å². The molecule has 0 aliphatic carbocycles. The predicted octanol–water partition coefficient (Wildman–Crippen LogP) is 6.37. The highest BCUT2D eigenvalue weighted by Gasteiger charge is 2.45. The smallest absolute Gasteiger partial charge is 0.294 e. The number of Topliss-reactive ketones (excluding diaryl/α,β-unsaturated/α-hetero) is 1. The third kappa shape index (κ3) is 3.94. The fourth-order valence-corrected chi connectivity index (χ4v) is 4.90. The largest absolute Gasteiger partial charge is 0.503 e. The van der Waals surface area contributed by atoms with E-state index in [1.54, 1.807) is 12.1 Å². The summed E-state index contributed by atoms with van der Waals surface area (Å²) >= 11 is 0. The number of fused-ring (bicyclic) bond motifs is 1. The molecule has 1 aliphatic rings. The highest BCUT2D eigenvalue weighted by Crippen LogP contribution is 2.42. The lowest BCUT2D eigenvalue weighted by Gasteiger charge is -2.28. The Morgan fingerprint density at radius 1 is 0.972 bits per heavy atom. The Hall–Kier alpha value is -4.32. The van der Waals surface area contributed by atoms with Gasteiger partial charge >= 0.3 is 0 Å². The van der Waals surface area contributed by atoms with E-state index in [1.807, 2.05) is 73.7 Å². The maximum absolute atomic E-state index is 13.7. The van der Waals surface area contributed by atoms with E-state index in [1.165, 1.54) is 4.90 Å². The molecular weight excluding hydrogens is 452 g/mol. The van der Waals surface area contributed by atoms with Gasteiger partial charge in [-0.3, -0.25) is 14.5 Å². The lowest BCUT2D eigenvalue weighted by molar-refractivity contribution is -0.117. The summed E-state index contributed by atoms with van der Waals surface area (Å²) in [5.74, 6) is -1.59. The quantitative estimate of drug-likeness (QED) is 0.311. The number of nitrogens with zero attached hydrogens (tertiary/aromatic N) is 2. The zero-order chi connectivity index (χ0) is 25.4. The maximum atomic E-state index is 13.7. The number of aliphatic hydroxyl groups is 1. The van der Waals surface area contributed by atoms with Crippen LogP contribution in [0.3, 0.4) is 0 Å². The van der Waals surface area contributed by atoms with Crippen molar-refractivity contribution in [3.63, 3.8) is 0 Å². The second kappa shape index (κ2) is 9.38. The molecule has 0 fully saturated rings. The second-order valence-corrected chi connectivity index (χ2v) is 8.92. The SMILES string of the molecule is CCN(CC)c1ccc(N2C(=O)C(O)=C(C(=O)c3cc4ccccc4o3)C2c2cccc(C)c2)cc1. The molecule has 1 atom stereocenters. The molecule has 1 N–H and O–H groups in total. The van der Waals surface area contributed by atoms with Gasteiger partial charge in [-0.2, -0.15) is 0 Å². The zero-order valence-corrected chi connectivity index (χ0v) is 20.6. The van der Waals surface area contributed by atoms with Crippen LogP contribution in [0, 0.1) is 6.92 Å². The lowest BCUT2D eigenvalue weighted by Crippen LogP contribution is -2.31. The van der Waals surface area contributed by atoms with E-state index in [0.717, 1.165) is 35.3 Å². The topological polar surface area (TPSA) is 74.0 Å². The fraction of sp³-hybridized carbons (Fsp3) is 0.200. The van der Waals surface area contributed by atoms with Crippen LogP contribution in [-0.4, -0.2) is 29.9 Å². The normalized spacial score (nSPS) is 15.7. The Morgan fingerprint density at radius 2 is 1.69 bits per heavy atom. The molecule has 0 bridgehead atoms. The third-order valence-corrected chi connectivity index (χ3v) is 6.72. The van der Waals surface area contributed by atoms with Gasteiger partial charge in [0.25, 0.3) is 5.91 Å². The number of amides is 1. The molecule has 1 unspecified atom stereocenters. The molecule has 36 heavy (non-hydrogen) atoms. The molecule has 182 valence electrons. The van der Waals surface area contributed by atoms with Crippen LogP contribution in [0.15, 0.2) is 94.6 Å². The van der Waals surface area contributed by atoms with E-state index in [9.17, 15) is 14.7 Å². The molecule has 1 aromatic heterocycles. The first-order valence-corrected chi connectivity index (χ1v) is 12.1. The summed E-state index contributed by atoms with van der Waals surface area (Å²) in [4.78, 5) is 30.9. The number of carbonyl (C=O) groups excluding carboxylic acids is 2. The van der Waals surface area contributed by atoms with Crippen LogP contribution in [0.1, 0.15) is 41.6 Å². The molecule has 5 rings (SSSR count). The van der Waals surface area contributed by atoms with Gasteiger partial charge in [0.1, 0.15) is 5.58 Å². The van der Waals surface area contributed by atoms with Crippen molar-refractivity contribution in [3.05, 3.63) is 107 Å². The third-order valence-electron chi connectivity index (χ3n) is 6.72. The molecule has 0 saturated heterocycles. The van der Waals surface area contributed by atoms with Crippen LogP contribution in [0.5, 0.6) is 0 Å². The number of benzene rings is 3. The van der Waals surface area contributed by atoms with Crippen molar-refractivity contribution in [3.8, 4) is 0 Å². The van der Waals surface area contributed by atoms with Crippen LogP contribution < -0.4 is 9.80 Å². The van der Waals surface area contributed by atoms with Gasteiger partial charge in [-0.05, 0) is 62.7 Å². The van der Waals surface area contributed by atoms with Gasteiger partial charge < -0.3 is 14.4 Å². The van der Waals surface area contributed by atoms with Gasteiger partial charge in [0.05, 0.1) is 11.6 Å². The van der Waals surface area contributed by atoms with Crippen LogP contribution >= 0.6 is 0 Å². The number of rotatable bonds is 7. The van der Waals surface area contributed by atoms with Gasteiger partial charge in [0.2, 0.25) is 5.78 Å². The number of anilines is 2. The van der Waals surface area contributed by atoms with E-state index in [0.29, 0.717) is 11.3 Å².